The lowest BCUT2D eigenvalue weighted by Crippen LogP contribution is -2.58. The average Bonchev–Trinajstić information content (AvgIpc) is 2.40. The maximum Gasteiger partial charge on any atom is 0.242 e. The molecule has 0 aliphatic heterocycles. The first kappa shape index (κ1) is 14.8. The highest BCUT2D eigenvalue weighted by Crippen LogP contribution is 2.31. The van der Waals surface area contributed by atoms with Crippen molar-refractivity contribution in [2.75, 3.05) is 0 Å². The molecule has 0 aromatic heterocycles. The van der Waals surface area contributed by atoms with Crippen molar-refractivity contribution in [3.8, 4) is 0 Å². The van der Waals surface area contributed by atoms with Crippen LogP contribution in [-0.2, 0) is 4.79 Å². The largest absolute Gasteiger partial charge is 0.335 e. The number of nitrogens with zero attached hydrogens (tertiary/aromatic N) is 1. The summed E-state index contributed by atoms with van der Waals surface area (Å²) in [5, 5.41) is 0. The van der Waals surface area contributed by atoms with E-state index in [1.807, 2.05) is 13.8 Å². The second-order valence-electron chi connectivity index (χ2n) is 7.02. The van der Waals surface area contributed by atoms with E-state index in [-0.39, 0.29) is 5.91 Å². The lowest BCUT2D eigenvalue weighted by atomic mass is 9.87. The molecule has 3 heteroatoms. The molecule has 2 aliphatic rings. The Labute approximate surface area is 117 Å². The first-order chi connectivity index (χ1) is 9.00. The van der Waals surface area contributed by atoms with Crippen molar-refractivity contribution in [3.63, 3.8) is 0 Å². The Kier molecular flexibility index (Phi) is 4.88. The molecule has 2 fully saturated rings. The Morgan fingerprint density at radius 3 is 1.58 bits per heavy atom. The van der Waals surface area contributed by atoms with E-state index < -0.39 is 5.54 Å². The minimum absolute atomic E-state index is 0.172. The minimum atomic E-state index is -0.727. The summed E-state index contributed by atoms with van der Waals surface area (Å²) < 4.78 is 0. The van der Waals surface area contributed by atoms with Gasteiger partial charge in [0, 0.05) is 12.1 Å². The Morgan fingerprint density at radius 1 is 0.895 bits per heavy atom. The molecule has 2 saturated carbocycles. The van der Waals surface area contributed by atoms with Crippen molar-refractivity contribution in [1.82, 2.24) is 4.90 Å². The molecule has 2 N–H and O–H groups in total. The summed E-state index contributed by atoms with van der Waals surface area (Å²) in [4.78, 5) is 15.0. The SMILES string of the molecule is CC(C)(N)C(=O)N(C1CCCCC1)C1CCCCC1. The highest BCUT2D eigenvalue weighted by atomic mass is 16.2. The van der Waals surface area contributed by atoms with Crippen molar-refractivity contribution in [2.45, 2.75) is 95.7 Å². The van der Waals surface area contributed by atoms with E-state index in [2.05, 4.69) is 4.90 Å². The maximum absolute atomic E-state index is 12.8. The average molecular weight is 266 g/mol. The second-order valence-corrected chi connectivity index (χ2v) is 7.02. The van der Waals surface area contributed by atoms with Crippen LogP contribution in [0.4, 0.5) is 0 Å². The van der Waals surface area contributed by atoms with Crippen LogP contribution >= 0.6 is 0 Å². The molecule has 0 radical (unpaired) electrons. The molecule has 19 heavy (non-hydrogen) atoms. The van der Waals surface area contributed by atoms with Gasteiger partial charge < -0.3 is 10.6 Å². The molecule has 2 rings (SSSR count). The summed E-state index contributed by atoms with van der Waals surface area (Å²) in [6, 6.07) is 0.902. The summed E-state index contributed by atoms with van der Waals surface area (Å²) in [5.74, 6) is 0.172. The third-order valence-corrected chi connectivity index (χ3v) is 4.72. The molecule has 0 spiro atoms. The lowest BCUT2D eigenvalue weighted by Gasteiger charge is -2.44. The van der Waals surface area contributed by atoms with Crippen LogP contribution in [0.2, 0.25) is 0 Å². The lowest BCUT2D eigenvalue weighted by molar-refractivity contribution is -0.142. The Hall–Kier alpha value is -0.570. The summed E-state index contributed by atoms with van der Waals surface area (Å²) in [6.07, 6.45) is 12.5. The molecule has 0 aromatic rings. The van der Waals surface area contributed by atoms with E-state index in [0.29, 0.717) is 12.1 Å². The minimum Gasteiger partial charge on any atom is -0.335 e. The van der Waals surface area contributed by atoms with E-state index in [9.17, 15) is 4.79 Å². The van der Waals surface area contributed by atoms with Crippen molar-refractivity contribution in [3.05, 3.63) is 0 Å². The van der Waals surface area contributed by atoms with Gasteiger partial charge in [0.25, 0.3) is 0 Å². The predicted molar refractivity (Wildman–Crippen MR) is 78.9 cm³/mol. The Balaban J connectivity index is 2.13. The fourth-order valence-electron chi connectivity index (χ4n) is 3.68. The van der Waals surface area contributed by atoms with Crippen molar-refractivity contribution < 1.29 is 4.79 Å². The van der Waals surface area contributed by atoms with Crippen LogP contribution < -0.4 is 5.73 Å². The van der Waals surface area contributed by atoms with Crippen LogP contribution in [0.1, 0.15) is 78.1 Å². The Morgan fingerprint density at radius 2 is 1.26 bits per heavy atom. The fourth-order valence-corrected chi connectivity index (χ4v) is 3.68. The first-order valence-corrected chi connectivity index (χ1v) is 8.12. The van der Waals surface area contributed by atoms with Crippen LogP contribution in [0.15, 0.2) is 0 Å². The van der Waals surface area contributed by atoms with E-state index in [1.54, 1.807) is 0 Å². The van der Waals surface area contributed by atoms with E-state index in [4.69, 9.17) is 5.73 Å². The van der Waals surface area contributed by atoms with Crippen molar-refractivity contribution >= 4 is 5.91 Å². The first-order valence-electron chi connectivity index (χ1n) is 8.12. The van der Waals surface area contributed by atoms with Crippen LogP contribution in [-0.4, -0.2) is 28.4 Å². The topological polar surface area (TPSA) is 46.3 Å². The molecule has 0 unspecified atom stereocenters. The number of rotatable bonds is 3. The molecule has 0 heterocycles. The van der Waals surface area contributed by atoms with Crippen LogP contribution in [0.5, 0.6) is 0 Å². The number of hydrogen-bond donors (Lipinski definition) is 1. The highest BCUT2D eigenvalue weighted by molar-refractivity contribution is 5.85. The number of nitrogens with two attached hydrogens (primary N) is 1. The number of carbonyl (C=O) groups excluding carboxylic acids is 1. The van der Waals surface area contributed by atoms with Crippen molar-refractivity contribution in [1.29, 1.82) is 0 Å². The zero-order valence-corrected chi connectivity index (χ0v) is 12.7. The molecule has 0 aromatic carbocycles. The summed E-state index contributed by atoms with van der Waals surface area (Å²) in [5.41, 5.74) is 5.37. The summed E-state index contributed by atoms with van der Waals surface area (Å²) >= 11 is 0. The molecule has 110 valence electrons. The maximum atomic E-state index is 12.8. The monoisotopic (exact) mass is 266 g/mol. The third-order valence-electron chi connectivity index (χ3n) is 4.72. The van der Waals surface area contributed by atoms with Gasteiger partial charge in [0.15, 0.2) is 0 Å². The summed E-state index contributed by atoms with van der Waals surface area (Å²) in [7, 11) is 0. The van der Waals surface area contributed by atoms with Gasteiger partial charge in [-0.2, -0.15) is 0 Å². The molecule has 0 saturated heterocycles. The molecular formula is C16H30N2O. The molecular weight excluding hydrogens is 236 g/mol. The van der Waals surface area contributed by atoms with E-state index in [0.717, 1.165) is 0 Å². The number of hydrogen-bond acceptors (Lipinski definition) is 2. The van der Waals surface area contributed by atoms with E-state index in [1.165, 1.54) is 64.2 Å². The Bertz CT molecular complexity index is 278. The molecule has 0 bridgehead atoms. The van der Waals surface area contributed by atoms with Gasteiger partial charge in [0.1, 0.15) is 0 Å². The van der Waals surface area contributed by atoms with Crippen molar-refractivity contribution in [2.24, 2.45) is 5.73 Å². The fraction of sp³-hybridized carbons (Fsp3) is 0.938. The van der Waals surface area contributed by atoms with Crippen LogP contribution in [0.3, 0.4) is 0 Å². The van der Waals surface area contributed by atoms with Gasteiger partial charge in [0.05, 0.1) is 5.54 Å². The zero-order valence-electron chi connectivity index (χ0n) is 12.7. The normalized spacial score (nSPS) is 23.3. The zero-order chi connectivity index (χ0) is 13.9. The van der Waals surface area contributed by atoms with Gasteiger partial charge in [-0.3, -0.25) is 4.79 Å². The number of amides is 1. The van der Waals surface area contributed by atoms with Crippen LogP contribution in [0.25, 0.3) is 0 Å². The molecule has 1 amide bonds. The molecule has 3 nitrogen and oxygen atoms in total. The van der Waals surface area contributed by atoms with Gasteiger partial charge in [-0.1, -0.05) is 38.5 Å². The van der Waals surface area contributed by atoms with Gasteiger partial charge in [-0.05, 0) is 39.5 Å². The molecule has 2 aliphatic carbocycles. The van der Waals surface area contributed by atoms with Crippen LogP contribution in [0, 0.1) is 0 Å². The van der Waals surface area contributed by atoms with E-state index >= 15 is 0 Å². The second kappa shape index (κ2) is 6.25. The third kappa shape index (κ3) is 3.71. The van der Waals surface area contributed by atoms with Gasteiger partial charge in [-0.15, -0.1) is 0 Å². The van der Waals surface area contributed by atoms with Gasteiger partial charge in [0.2, 0.25) is 5.91 Å². The summed E-state index contributed by atoms with van der Waals surface area (Å²) in [6.45, 7) is 3.71. The quantitative estimate of drug-likeness (QED) is 0.852. The van der Waals surface area contributed by atoms with Gasteiger partial charge in [-0.25, -0.2) is 0 Å². The smallest absolute Gasteiger partial charge is 0.242 e. The number of carbonyl (C=O) groups is 1. The molecule has 0 atom stereocenters. The predicted octanol–water partition coefficient (Wildman–Crippen LogP) is 3.22. The highest BCUT2D eigenvalue weighted by Gasteiger charge is 2.37. The standard InChI is InChI=1S/C16H30N2O/c1-16(2,17)15(19)18(13-9-5-3-6-10-13)14-11-7-4-8-12-14/h13-14H,3-12,17H2,1-2H3. The van der Waals surface area contributed by atoms with Gasteiger partial charge >= 0.3 is 0 Å².